The van der Waals surface area contributed by atoms with Gasteiger partial charge in [0.05, 0.1) is 14.2 Å². The zero-order valence-electron chi connectivity index (χ0n) is 19.9. The van der Waals surface area contributed by atoms with Crippen molar-refractivity contribution in [2.75, 3.05) is 45.3 Å². The second kappa shape index (κ2) is 12.2. The molecule has 1 saturated heterocycles. The summed E-state index contributed by atoms with van der Waals surface area (Å²) in [7, 11) is 3.38. The number of aromatic nitrogens is 2. The SMILES string of the molecule is CCNC(=NCCCCn1ccnc1C)NC1CCN(c2cc(OC)cc(OC)c2)CC1. The van der Waals surface area contributed by atoms with Crippen molar-refractivity contribution in [1.29, 1.82) is 0 Å². The standard InChI is InChI=1S/C24H38N6O2/c1-5-25-24(27-10-6-7-12-29-15-11-26-19(29)2)28-20-8-13-30(14-9-20)21-16-22(31-3)18-23(17-21)32-4/h11,15-18,20H,5-10,12-14H2,1-4H3,(H2,25,27,28). The van der Waals surface area contributed by atoms with Gasteiger partial charge < -0.3 is 29.6 Å². The van der Waals surface area contributed by atoms with Gasteiger partial charge in [0.1, 0.15) is 17.3 Å². The minimum Gasteiger partial charge on any atom is -0.497 e. The molecule has 0 aliphatic carbocycles. The summed E-state index contributed by atoms with van der Waals surface area (Å²) in [5.74, 6) is 3.64. The van der Waals surface area contributed by atoms with Crippen LogP contribution >= 0.6 is 0 Å². The molecule has 1 aliphatic rings. The van der Waals surface area contributed by atoms with Crippen molar-refractivity contribution in [3.63, 3.8) is 0 Å². The van der Waals surface area contributed by atoms with E-state index in [2.05, 4.69) is 44.1 Å². The summed E-state index contributed by atoms with van der Waals surface area (Å²) < 4.78 is 13.0. The van der Waals surface area contributed by atoms with Gasteiger partial charge in [0, 0.05) is 75.0 Å². The minimum absolute atomic E-state index is 0.421. The van der Waals surface area contributed by atoms with Crippen LogP contribution in [-0.4, -0.2) is 62.0 Å². The second-order valence-corrected chi connectivity index (χ2v) is 8.11. The average molecular weight is 443 g/mol. The molecule has 1 aromatic carbocycles. The number of hydrogen-bond donors (Lipinski definition) is 2. The van der Waals surface area contributed by atoms with Crippen LogP contribution in [0.4, 0.5) is 5.69 Å². The van der Waals surface area contributed by atoms with Gasteiger partial charge in [0.2, 0.25) is 0 Å². The molecule has 0 radical (unpaired) electrons. The Balaban J connectivity index is 1.46. The van der Waals surface area contributed by atoms with Gasteiger partial charge in [-0.15, -0.1) is 0 Å². The van der Waals surface area contributed by atoms with Crippen LogP contribution in [0.25, 0.3) is 0 Å². The Morgan fingerprint density at radius 3 is 2.44 bits per heavy atom. The van der Waals surface area contributed by atoms with Crippen LogP contribution in [0, 0.1) is 6.92 Å². The van der Waals surface area contributed by atoms with Crippen LogP contribution in [-0.2, 0) is 6.54 Å². The van der Waals surface area contributed by atoms with Crippen LogP contribution in [0.3, 0.4) is 0 Å². The van der Waals surface area contributed by atoms with Crippen molar-refractivity contribution < 1.29 is 9.47 Å². The molecule has 0 bridgehead atoms. The molecule has 1 aromatic heterocycles. The van der Waals surface area contributed by atoms with E-state index in [1.165, 1.54) is 0 Å². The lowest BCUT2D eigenvalue weighted by molar-refractivity contribution is 0.393. The Kier molecular flexibility index (Phi) is 9.07. The molecule has 8 nitrogen and oxygen atoms in total. The zero-order chi connectivity index (χ0) is 22.8. The molecule has 176 valence electrons. The van der Waals surface area contributed by atoms with E-state index in [-0.39, 0.29) is 0 Å². The number of benzene rings is 1. The first-order valence-electron chi connectivity index (χ1n) is 11.6. The number of methoxy groups -OCH3 is 2. The highest BCUT2D eigenvalue weighted by atomic mass is 16.5. The fourth-order valence-electron chi connectivity index (χ4n) is 4.00. The predicted octanol–water partition coefficient (Wildman–Crippen LogP) is 3.21. The van der Waals surface area contributed by atoms with E-state index in [4.69, 9.17) is 14.5 Å². The number of ether oxygens (including phenoxy) is 2. The third-order valence-electron chi connectivity index (χ3n) is 5.88. The predicted molar refractivity (Wildman–Crippen MR) is 130 cm³/mol. The lowest BCUT2D eigenvalue weighted by Crippen LogP contribution is -2.48. The van der Waals surface area contributed by atoms with Crippen molar-refractivity contribution in [2.24, 2.45) is 4.99 Å². The molecule has 0 amide bonds. The first-order chi connectivity index (χ1) is 15.6. The number of nitrogens with one attached hydrogen (secondary N) is 2. The molecule has 2 heterocycles. The monoisotopic (exact) mass is 442 g/mol. The van der Waals surface area contributed by atoms with E-state index in [0.29, 0.717) is 6.04 Å². The van der Waals surface area contributed by atoms with Gasteiger partial charge in [-0.3, -0.25) is 4.99 Å². The Bertz CT molecular complexity index is 836. The number of piperidine rings is 1. The van der Waals surface area contributed by atoms with E-state index in [0.717, 1.165) is 87.4 Å². The summed E-state index contributed by atoms with van der Waals surface area (Å²) >= 11 is 0. The Morgan fingerprint density at radius 2 is 1.84 bits per heavy atom. The quantitative estimate of drug-likeness (QED) is 0.334. The fourth-order valence-corrected chi connectivity index (χ4v) is 4.00. The number of nitrogens with zero attached hydrogens (tertiary/aromatic N) is 4. The molecule has 0 atom stereocenters. The number of imidazole rings is 1. The second-order valence-electron chi connectivity index (χ2n) is 8.11. The van der Waals surface area contributed by atoms with Crippen molar-refractivity contribution in [2.45, 2.75) is 52.1 Å². The Morgan fingerprint density at radius 1 is 1.12 bits per heavy atom. The summed E-state index contributed by atoms with van der Waals surface area (Å²) in [5, 5.41) is 7.03. The Hall–Kier alpha value is -2.90. The van der Waals surface area contributed by atoms with E-state index in [1.807, 2.05) is 25.4 Å². The third kappa shape index (κ3) is 6.80. The highest BCUT2D eigenvalue weighted by Gasteiger charge is 2.21. The summed E-state index contributed by atoms with van der Waals surface area (Å²) in [6, 6.07) is 6.48. The smallest absolute Gasteiger partial charge is 0.191 e. The number of anilines is 1. The van der Waals surface area contributed by atoms with Gasteiger partial charge in [-0.05, 0) is 39.5 Å². The molecule has 3 rings (SSSR count). The van der Waals surface area contributed by atoms with Crippen molar-refractivity contribution in [3.8, 4) is 11.5 Å². The number of guanidine groups is 1. The third-order valence-corrected chi connectivity index (χ3v) is 5.88. The van der Waals surface area contributed by atoms with Gasteiger partial charge in [-0.2, -0.15) is 0 Å². The number of unbranched alkanes of at least 4 members (excludes halogenated alkanes) is 1. The van der Waals surface area contributed by atoms with Gasteiger partial charge in [0.25, 0.3) is 0 Å². The van der Waals surface area contributed by atoms with Crippen molar-refractivity contribution in [3.05, 3.63) is 36.4 Å². The van der Waals surface area contributed by atoms with Gasteiger partial charge in [0.15, 0.2) is 5.96 Å². The van der Waals surface area contributed by atoms with Crippen LogP contribution in [0.15, 0.2) is 35.6 Å². The largest absolute Gasteiger partial charge is 0.497 e. The highest BCUT2D eigenvalue weighted by Crippen LogP contribution is 2.30. The molecule has 8 heteroatoms. The topological polar surface area (TPSA) is 75.9 Å². The van der Waals surface area contributed by atoms with Gasteiger partial charge in [-0.25, -0.2) is 4.98 Å². The van der Waals surface area contributed by atoms with Crippen LogP contribution < -0.4 is 25.0 Å². The van der Waals surface area contributed by atoms with E-state index in [9.17, 15) is 0 Å². The van der Waals surface area contributed by atoms with Crippen LogP contribution in [0.5, 0.6) is 11.5 Å². The molecule has 0 unspecified atom stereocenters. The number of rotatable bonds is 10. The molecule has 0 spiro atoms. The summed E-state index contributed by atoms with van der Waals surface area (Å²) in [4.78, 5) is 11.5. The highest BCUT2D eigenvalue weighted by molar-refractivity contribution is 5.80. The fraction of sp³-hybridized carbons (Fsp3) is 0.583. The summed E-state index contributed by atoms with van der Waals surface area (Å²) in [6.07, 6.45) is 8.18. The first-order valence-corrected chi connectivity index (χ1v) is 11.6. The minimum atomic E-state index is 0.421. The molecular weight excluding hydrogens is 404 g/mol. The molecule has 32 heavy (non-hydrogen) atoms. The van der Waals surface area contributed by atoms with Gasteiger partial charge >= 0.3 is 0 Å². The van der Waals surface area contributed by atoms with Crippen LogP contribution in [0.2, 0.25) is 0 Å². The average Bonchev–Trinajstić information content (AvgIpc) is 3.23. The van der Waals surface area contributed by atoms with Crippen LogP contribution in [0.1, 0.15) is 38.4 Å². The molecule has 0 saturated carbocycles. The lowest BCUT2D eigenvalue weighted by Gasteiger charge is -2.34. The maximum atomic E-state index is 5.42. The van der Waals surface area contributed by atoms with E-state index < -0.39 is 0 Å². The van der Waals surface area contributed by atoms with E-state index in [1.54, 1.807) is 14.2 Å². The van der Waals surface area contributed by atoms with E-state index >= 15 is 0 Å². The van der Waals surface area contributed by atoms with Crippen molar-refractivity contribution in [1.82, 2.24) is 20.2 Å². The molecule has 2 N–H and O–H groups in total. The normalized spacial score (nSPS) is 15.0. The number of aliphatic imine (C=N–C) groups is 1. The number of aryl methyl sites for hydroxylation is 2. The molecule has 1 aliphatic heterocycles. The number of hydrogen-bond acceptors (Lipinski definition) is 5. The summed E-state index contributed by atoms with van der Waals surface area (Å²) in [6.45, 7) is 8.81. The molecule has 2 aromatic rings. The maximum Gasteiger partial charge on any atom is 0.191 e. The van der Waals surface area contributed by atoms with Gasteiger partial charge in [-0.1, -0.05) is 0 Å². The molecular formula is C24H38N6O2. The molecule has 1 fully saturated rings. The van der Waals surface area contributed by atoms with Crippen molar-refractivity contribution >= 4 is 11.6 Å². The zero-order valence-corrected chi connectivity index (χ0v) is 19.9. The summed E-state index contributed by atoms with van der Waals surface area (Å²) in [5.41, 5.74) is 1.15. The Labute approximate surface area is 192 Å². The lowest BCUT2D eigenvalue weighted by atomic mass is 10.0. The first kappa shape index (κ1) is 23.8. The maximum absolute atomic E-state index is 5.42.